The molecule has 0 spiro atoms. The van der Waals surface area contributed by atoms with Crippen molar-refractivity contribution in [2.45, 2.75) is 26.8 Å². The van der Waals surface area contributed by atoms with Gasteiger partial charge in [-0.15, -0.1) is 0 Å². The molecule has 0 bridgehead atoms. The maximum atomic E-state index is 12.5. The lowest BCUT2D eigenvalue weighted by atomic mass is 10.1. The molecule has 2 rings (SSSR count). The highest BCUT2D eigenvalue weighted by Crippen LogP contribution is 2.23. The minimum Gasteiger partial charge on any atom is -0.494 e. The van der Waals surface area contributed by atoms with E-state index in [-0.39, 0.29) is 18.5 Å². The summed E-state index contributed by atoms with van der Waals surface area (Å²) in [7, 11) is -3.63. The number of nitrogens with zero attached hydrogens (tertiary/aromatic N) is 1. The minimum absolute atomic E-state index is 0.228. The fraction of sp³-hybridized carbons (Fsp3) is 0.350. The van der Waals surface area contributed by atoms with Crippen molar-refractivity contribution in [1.29, 1.82) is 0 Å². The number of carbonyl (C=O) groups excluding carboxylic acids is 1. The van der Waals surface area contributed by atoms with Gasteiger partial charge in [0.25, 0.3) is 0 Å². The van der Waals surface area contributed by atoms with E-state index in [1.165, 1.54) is 0 Å². The Balaban J connectivity index is 2.15. The van der Waals surface area contributed by atoms with E-state index in [4.69, 9.17) is 4.74 Å². The quantitative estimate of drug-likeness (QED) is 0.752. The molecule has 7 heteroatoms. The maximum Gasteiger partial charge on any atom is 0.241 e. The second kappa shape index (κ2) is 8.90. The van der Waals surface area contributed by atoms with Crippen LogP contribution < -0.4 is 14.4 Å². The second-order valence-electron chi connectivity index (χ2n) is 6.40. The molecule has 6 nitrogen and oxygen atoms in total. The van der Waals surface area contributed by atoms with Gasteiger partial charge in [-0.3, -0.25) is 9.10 Å². The Kier molecular flexibility index (Phi) is 6.85. The average Bonchev–Trinajstić information content (AvgIpc) is 2.60. The first-order valence-electron chi connectivity index (χ1n) is 8.77. The van der Waals surface area contributed by atoms with Gasteiger partial charge in [-0.2, -0.15) is 0 Å². The summed E-state index contributed by atoms with van der Waals surface area (Å²) in [5.41, 5.74) is 2.48. The van der Waals surface area contributed by atoms with Gasteiger partial charge in [0, 0.05) is 6.07 Å². The number of carbonyl (C=O) groups is 1. The monoisotopic (exact) mass is 390 g/mol. The summed E-state index contributed by atoms with van der Waals surface area (Å²) in [5, 5.41) is 2.85. The van der Waals surface area contributed by atoms with E-state index in [0.717, 1.165) is 21.7 Å². The van der Waals surface area contributed by atoms with Gasteiger partial charge in [0.2, 0.25) is 15.9 Å². The van der Waals surface area contributed by atoms with Crippen LogP contribution in [0.3, 0.4) is 0 Å². The molecule has 0 fully saturated rings. The van der Waals surface area contributed by atoms with Gasteiger partial charge in [-0.1, -0.05) is 35.9 Å². The summed E-state index contributed by atoms with van der Waals surface area (Å²) >= 11 is 0. The summed E-state index contributed by atoms with van der Waals surface area (Å²) in [6.07, 6.45) is 1.08. The van der Waals surface area contributed by atoms with E-state index < -0.39 is 10.0 Å². The molecule has 0 radical (unpaired) electrons. The first kappa shape index (κ1) is 20.8. The van der Waals surface area contributed by atoms with Crippen LogP contribution in [0.15, 0.2) is 48.5 Å². The van der Waals surface area contributed by atoms with Crippen molar-refractivity contribution in [2.24, 2.45) is 0 Å². The molecular weight excluding hydrogens is 364 g/mol. The first-order valence-corrected chi connectivity index (χ1v) is 10.6. The largest absolute Gasteiger partial charge is 0.494 e. The van der Waals surface area contributed by atoms with Gasteiger partial charge in [-0.25, -0.2) is 8.42 Å². The molecule has 0 aliphatic carbocycles. The summed E-state index contributed by atoms with van der Waals surface area (Å²) in [4.78, 5) is 12.5. The summed E-state index contributed by atoms with van der Waals surface area (Å²) in [6, 6.07) is 14.3. The van der Waals surface area contributed by atoms with Crippen molar-refractivity contribution in [2.75, 3.05) is 23.7 Å². The first-order chi connectivity index (χ1) is 12.7. The van der Waals surface area contributed by atoms with Gasteiger partial charge < -0.3 is 10.1 Å². The van der Waals surface area contributed by atoms with E-state index >= 15 is 0 Å². The van der Waals surface area contributed by atoms with Crippen molar-refractivity contribution in [3.63, 3.8) is 0 Å². The Bertz CT molecular complexity index is 879. The third-order valence-electron chi connectivity index (χ3n) is 4.06. The summed E-state index contributed by atoms with van der Waals surface area (Å²) < 4.78 is 31.0. The van der Waals surface area contributed by atoms with Gasteiger partial charge in [-0.05, 0) is 38.5 Å². The molecule has 1 atom stereocenters. The Morgan fingerprint density at radius 1 is 1.19 bits per heavy atom. The number of aryl methyl sites for hydroxylation is 1. The molecule has 0 aliphatic heterocycles. The lowest BCUT2D eigenvalue weighted by Crippen LogP contribution is -2.41. The van der Waals surface area contributed by atoms with E-state index in [0.29, 0.717) is 18.0 Å². The number of anilines is 1. The molecule has 0 saturated heterocycles. The van der Waals surface area contributed by atoms with Crippen LogP contribution in [-0.4, -0.2) is 33.7 Å². The molecular formula is C20H26N2O4S. The van der Waals surface area contributed by atoms with Crippen LogP contribution in [0.2, 0.25) is 0 Å². The number of amides is 1. The highest BCUT2D eigenvalue weighted by atomic mass is 32.2. The fourth-order valence-corrected chi connectivity index (χ4v) is 3.50. The number of hydrogen-bond donors (Lipinski definition) is 1. The predicted octanol–water partition coefficient (Wildman–Crippen LogP) is 3.04. The minimum atomic E-state index is -3.63. The fourth-order valence-electron chi connectivity index (χ4n) is 2.65. The Morgan fingerprint density at radius 2 is 1.85 bits per heavy atom. The Labute approximate surface area is 161 Å². The SMILES string of the molecule is CCOc1cccc(N(CC(=O)N[C@@H](C)c2ccc(C)cc2)S(C)(=O)=O)c1. The predicted molar refractivity (Wildman–Crippen MR) is 108 cm³/mol. The van der Waals surface area contributed by atoms with Crippen LogP contribution >= 0.6 is 0 Å². The smallest absolute Gasteiger partial charge is 0.241 e. The standard InChI is InChI=1S/C20H26N2O4S/c1-5-26-19-8-6-7-18(13-19)22(27(4,24)25)14-20(23)21-16(3)17-11-9-15(2)10-12-17/h6-13,16H,5,14H2,1-4H3,(H,21,23)/t16-/m0/s1. The molecule has 1 amide bonds. The number of benzene rings is 2. The number of sulfonamides is 1. The van der Waals surface area contributed by atoms with Crippen LogP contribution in [0, 0.1) is 6.92 Å². The van der Waals surface area contributed by atoms with Crippen molar-refractivity contribution in [1.82, 2.24) is 5.32 Å². The van der Waals surface area contributed by atoms with Crippen LogP contribution in [-0.2, 0) is 14.8 Å². The van der Waals surface area contributed by atoms with E-state index in [1.54, 1.807) is 24.3 Å². The molecule has 2 aromatic rings. The Morgan fingerprint density at radius 3 is 2.44 bits per heavy atom. The highest BCUT2D eigenvalue weighted by Gasteiger charge is 2.22. The second-order valence-corrected chi connectivity index (χ2v) is 8.31. The lowest BCUT2D eigenvalue weighted by molar-refractivity contribution is -0.120. The maximum absolute atomic E-state index is 12.5. The third-order valence-corrected chi connectivity index (χ3v) is 5.20. The molecule has 27 heavy (non-hydrogen) atoms. The van der Waals surface area contributed by atoms with Crippen LogP contribution in [0.5, 0.6) is 5.75 Å². The van der Waals surface area contributed by atoms with Crippen molar-refractivity contribution >= 4 is 21.6 Å². The zero-order valence-electron chi connectivity index (χ0n) is 16.1. The molecule has 0 unspecified atom stereocenters. The molecule has 2 aromatic carbocycles. The summed E-state index contributed by atoms with van der Waals surface area (Å²) in [5.74, 6) is 0.174. The van der Waals surface area contributed by atoms with Gasteiger partial charge >= 0.3 is 0 Å². The normalized spacial score (nSPS) is 12.3. The van der Waals surface area contributed by atoms with Gasteiger partial charge in [0.1, 0.15) is 12.3 Å². The van der Waals surface area contributed by atoms with E-state index in [9.17, 15) is 13.2 Å². The highest BCUT2D eigenvalue weighted by molar-refractivity contribution is 7.92. The Hall–Kier alpha value is -2.54. The van der Waals surface area contributed by atoms with Crippen LogP contribution in [0.1, 0.15) is 31.0 Å². The number of nitrogens with one attached hydrogen (secondary N) is 1. The van der Waals surface area contributed by atoms with Crippen molar-refractivity contribution in [3.8, 4) is 5.75 Å². The number of hydrogen-bond acceptors (Lipinski definition) is 4. The molecule has 1 N–H and O–H groups in total. The van der Waals surface area contributed by atoms with Crippen LogP contribution in [0.4, 0.5) is 5.69 Å². The number of rotatable bonds is 8. The van der Waals surface area contributed by atoms with E-state index in [1.807, 2.05) is 45.0 Å². The zero-order chi connectivity index (χ0) is 20.0. The third kappa shape index (κ3) is 5.99. The topological polar surface area (TPSA) is 75.7 Å². The molecule has 0 aromatic heterocycles. The molecule has 0 aliphatic rings. The lowest BCUT2D eigenvalue weighted by Gasteiger charge is -2.23. The van der Waals surface area contributed by atoms with Crippen LogP contribution in [0.25, 0.3) is 0 Å². The number of ether oxygens (including phenoxy) is 1. The molecule has 0 heterocycles. The molecule has 0 saturated carbocycles. The molecule has 146 valence electrons. The van der Waals surface area contributed by atoms with Crippen molar-refractivity contribution < 1.29 is 17.9 Å². The van der Waals surface area contributed by atoms with Crippen molar-refractivity contribution in [3.05, 3.63) is 59.7 Å². The van der Waals surface area contributed by atoms with Gasteiger partial charge in [0.15, 0.2) is 0 Å². The van der Waals surface area contributed by atoms with Gasteiger partial charge in [0.05, 0.1) is 24.6 Å². The average molecular weight is 391 g/mol. The summed E-state index contributed by atoms with van der Waals surface area (Å²) in [6.45, 7) is 5.87. The zero-order valence-corrected chi connectivity index (χ0v) is 16.9. The van der Waals surface area contributed by atoms with E-state index in [2.05, 4.69) is 5.32 Å².